The second kappa shape index (κ2) is 10.8. The number of benzene rings is 1. The highest BCUT2D eigenvalue weighted by Gasteiger charge is 2.27. The van der Waals surface area contributed by atoms with Gasteiger partial charge in [0.1, 0.15) is 0 Å². The van der Waals surface area contributed by atoms with Crippen molar-refractivity contribution in [3.05, 3.63) is 24.3 Å². The number of nitrogens with one attached hydrogen (secondary N) is 1. The van der Waals surface area contributed by atoms with Crippen LogP contribution in [0.25, 0.3) is 0 Å². The zero-order valence-corrected chi connectivity index (χ0v) is 16.6. The molecule has 1 fully saturated rings. The molecule has 7 heteroatoms. The van der Waals surface area contributed by atoms with Gasteiger partial charge < -0.3 is 24.6 Å². The highest BCUT2D eigenvalue weighted by atomic mass is 16.5. The van der Waals surface area contributed by atoms with E-state index in [9.17, 15) is 9.59 Å². The second-order valence-corrected chi connectivity index (χ2v) is 7.04. The summed E-state index contributed by atoms with van der Waals surface area (Å²) in [7, 11) is 5.61. The molecule has 0 aromatic heterocycles. The van der Waals surface area contributed by atoms with Gasteiger partial charge in [-0.1, -0.05) is 12.1 Å². The maximum Gasteiger partial charge on any atom is 0.260 e. The molecule has 0 atom stereocenters. The van der Waals surface area contributed by atoms with E-state index in [1.54, 1.807) is 24.1 Å². The van der Waals surface area contributed by atoms with E-state index in [4.69, 9.17) is 9.47 Å². The Morgan fingerprint density at radius 3 is 2.48 bits per heavy atom. The van der Waals surface area contributed by atoms with Gasteiger partial charge in [-0.2, -0.15) is 0 Å². The Bertz CT molecular complexity index is 613. The molecular weight excluding hydrogens is 346 g/mol. The molecule has 1 aliphatic rings. The van der Waals surface area contributed by atoms with Gasteiger partial charge in [-0.05, 0) is 52.0 Å². The topological polar surface area (TPSA) is 71.1 Å². The maximum absolute atomic E-state index is 12.4. The van der Waals surface area contributed by atoms with Crippen LogP contribution in [0.5, 0.6) is 11.5 Å². The normalized spacial score (nSPS) is 14.9. The van der Waals surface area contributed by atoms with Gasteiger partial charge in [0.05, 0.1) is 7.11 Å². The first kappa shape index (κ1) is 21.0. The lowest BCUT2D eigenvalue weighted by Crippen LogP contribution is -2.44. The number of carbonyl (C=O) groups is 2. The Morgan fingerprint density at radius 2 is 1.85 bits per heavy atom. The summed E-state index contributed by atoms with van der Waals surface area (Å²) in [6.45, 7) is 2.80. The molecule has 1 aliphatic heterocycles. The zero-order valence-electron chi connectivity index (χ0n) is 16.6. The van der Waals surface area contributed by atoms with E-state index in [2.05, 4.69) is 10.2 Å². The van der Waals surface area contributed by atoms with E-state index in [-0.39, 0.29) is 24.3 Å². The number of rotatable bonds is 9. The van der Waals surface area contributed by atoms with Crippen molar-refractivity contribution in [3.8, 4) is 11.5 Å². The molecule has 1 aromatic carbocycles. The number of methoxy groups -OCH3 is 1. The van der Waals surface area contributed by atoms with E-state index in [0.29, 0.717) is 44.0 Å². The van der Waals surface area contributed by atoms with Crippen LogP contribution in [0.3, 0.4) is 0 Å². The molecular formula is C20H31N3O4. The van der Waals surface area contributed by atoms with Crippen molar-refractivity contribution in [2.24, 2.45) is 5.92 Å². The van der Waals surface area contributed by atoms with Crippen LogP contribution in [0.15, 0.2) is 24.3 Å². The quantitative estimate of drug-likeness (QED) is 0.659. The summed E-state index contributed by atoms with van der Waals surface area (Å²) in [5.41, 5.74) is 0. The summed E-state index contributed by atoms with van der Waals surface area (Å²) in [4.78, 5) is 28.5. The molecule has 1 saturated heterocycles. The van der Waals surface area contributed by atoms with Crippen LogP contribution in [-0.2, 0) is 9.59 Å². The van der Waals surface area contributed by atoms with E-state index >= 15 is 0 Å². The molecule has 27 heavy (non-hydrogen) atoms. The number of hydrogen-bond donors (Lipinski definition) is 1. The molecule has 2 rings (SSSR count). The first-order chi connectivity index (χ1) is 13.0. The van der Waals surface area contributed by atoms with Gasteiger partial charge in [0.2, 0.25) is 5.91 Å². The number of likely N-dealkylation sites (tertiary alicyclic amines) is 1. The molecule has 1 aromatic rings. The van der Waals surface area contributed by atoms with Crippen molar-refractivity contribution in [2.45, 2.75) is 19.3 Å². The van der Waals surface area contributed by atoms with E-state index in [1.807, 2.05) is 26.2 Å². The minimum atomic E-state index is -0.0641. The Balaban J connectivity index is 1.70. The number of hydrogen-bond acceptors (Lipinski definition) is 5. The average molecular weight is 377 g/mol. The van der Waals surface area contributed by atoms with Gasteiger partial charge in [0.25, 0.3) is 5.91 Å². The molecule has 1 heterocycles. The van der Waals surface area contributed by atoms with Gasteiger partial charge in [0, 0.05) is 25.6 Å². The fraction of sp³-hybridized carbons (Fsp3) is 0.600. The number of piperidine rings is 1. The number of nitrogens with zero attached hydrogens (tertiary/aromatic N) is 2. The number of carbonyl (C=O) groups excluding carboxylic acids is 2. The highest BCUT2D eigenvalue weighted by molar-refractivity contribution is 5.80. The smallest absolute Gasteiger partial charge is 0.260 e. The number of ether oxygens (including phenoxy) is 2. The minimum Gasteiger partial charge on any atom is -0.493 e. The first-order valence-corrected chi connectivity index (χ1v) is 9.47. The van der Waals surface area contributed by atoms with Crippen LogP contribution in [0.1, 0.15) is 19.3 Å². The lowest BCUT2D eigenvalue weighted by Gasteiger charge is -2.31. The van der Waals surface area contributed by atoms with Crippen LogP contribution in [0.2, 0.25) is 0 Å². The monoisotopic (exact) mass is 377 g/mol. The van der Waals surface area contributed by atoms with E-state index < -0.39 is 0 Å². The maximum atomic E-state index is 12.4. The molecule has 0 aliphatic carbocycles. The highest BCUT2D eigenvalue weighted by Crippen LogP contribution is 2.26. The lowest BCUT2D eigenvalue weighted by molar-refractivity contribution is -0.137. The third kappa shape index (κ3) is 6.75. The summed E-state index contributed by atoms with van der Waals surface area (Å²) in [6, 6.07) is 7.26. The Labute approximate surface area is 161 Å². The fourth-order valence-electron chi connectivity index (χ4n) is 3.11. The molecule has 2 amide bonds. The first-order valence-electron chi connectivity index (χ1n) is 9.47. The van der Waals surface area contributed by atoms with Gasteiger partial charge in [-0.3, -0.25) is 9.59 Å². The molecule has 0 unspecified atom stereocenters. The predicted octanol–water partition coefficient (Wildman–Crippen LogP) is 1.38. The van der Waals surface area contributed by atoms with Crippen molar-refractivity contribution in [1.29, 1.82) is 0 Å². The van der Waals surface area contributed by atoms with Crippen LogP contribution in [0, 0.1) is 5.92 Å². The SMILES string of the molecule is COc1ccccc1OCC(=O)N1CCC(C(=O)NCCCN(C)C)CC1. The third-order valence-electron chi connectivity index (χ3n) is 4.72. The van der Waals surface area contributed by atoms with Crippen molar-refractivity contribution in [2.75, 3.05) is 54.0 Å². The number of para-hydroxylation sites is 2. The Kier molecular flexibility index (Phi) is 8.39. The molecule has 0 spiro atoms. The predicted molar refractivity (Wildman–Crippen MR) is 104 cm³/mol. The van der Waals surface area contributed by atoms with E-state index in [1.165, 1.54) is 0 Å². The van der Waals surface area contributed by atoms with Gasteiger partial charge >= 0.3 is 0 Å². The second-order valence-electron chi connectivity index (χ2n) is 7.04. The van der Waals surface area contributed by atoms with Crippen LogP contribution >= 0.6 is 0 Å². The standard InChI is InChI=1S/C20H31N3O4/c1-22(2)12-6-11-21-20(25)16-9-13-23(14-10-16)19(24)15-27-18-8-5-4-7-17(18)26-3/h4-5,7-8,16H,6,9-15H2,1-3H3,(H,21,25). The Hall–Kier alpha value is -2.28. The summed E-state index contributed by atoms with van der Waals surface area (Å²) in [5, 5.41) is 3.00. The van der Waals surface area contributed by atoms with Crippen molar-refractivity contribution < 1.29 is 19.1 Å². The minimum absolute atomic E-state index is 0.0106. The van der Waals surface area contributed by atoms with Crippen molar-refractivity contribution >= 4 is 11.8 Å². The lowest BCUT2D eigenvalue weighted by atomic mass is 9.96. The molecule has 150 valence electrons. The van der Waals surface area contributed by atoms with Crippen molar-refractivity contribution in [3.63, 3.8) is 0 Å². The molecule has 7 nitrogen and oxygen atoms in total. The fourth-order valence-corrected chi connectivity index (χ4v) is 3.11. The molecule has 0 saturated carbocycles. The van der Waals surface area contributed by atoms with Gasteiger partial charge in [-0.25, -0.2) is 0 Å². The summed E-state index contributed by atoms with van der Waals surface area (Å²) >= 11 is 0. The largest absolute Gasteiger partial charge is 0.493 e. The van der Waals surface area contributed by atoms with Gasteiger partial charge in [-0.15, -0.1) is 0 Å². The molecule has 0 radical (unpaired) electrons. The van der Waals surface area contributed by atoms with Gasteiger partial charge in [0.15, 0.2) is 18.1 Å². The third-order valence-corrected chi connectivity index (χ3v) is 4.72. The van der Waals surface area contributed by atoms with Crippen LogP contribution < -0.4 is 14.8 Å². The van der Waals surface area contributed by atoms with Crippen molar-refractivity contribution in [1.82, 2.24) is 15.1 Å². The number of amides is 2. The summed E-state index contributed by atoms with van der Waals surface area (Å²) in [6.07, 6.45) is 2.33. The molecule has 1 N–H and O–H groups in total. The zero-order chi connectivity index (χ0) is 19.6. The molecule has 0 bridgehead atoms. The van der Waals surface area contributed by atoms with Crippen LogP contribution in [0.4, 0.5) is 0 Å². The summed E-state index contributed by atoms with van der Waals surface area (Å²) in [5.74, 6) is 1.19. The Morgan fingerprint density at radius 1 is 1.19 bits per heavy atom. The van der Waals surface area contributed by atoms with Crippen LogP contribution in [-0.4, -0.2) is 75.6 Å². The average Bonchev–Trinajstić information content (AvgIpc) is 2.69. The summed E-state index contributed by atoms with van der Waals surface area (Å²) < 4.78 is 10.8. The van der Waals surface area contributed by atoms with E-state index in [0.717, 1.165) is 13.0 Å².